The molecule has 2 aromatic carbocycles. The molecule has 0 bridgehead atoms. The number of rotatable bonds is 18. The number of hydrogen-bond acceptors (Lipinski definition) is 11. The second kappa shape index (κ2) is 19.8. The number of aliphatic hydroxyl groups excluding tert-OH is 4. The first-order chi connectivity index (χ1) is 26.7. The molecule has 0 spiro atoms. The highest BCUT2D eigenvalue weighted by atomic mass is 31.2. The number of nitrogens with zero attached hydrogens (tertiary/aromatic N) is 1. The second-order valence-corrected chi connectivity index (χ2v) is 16.9. The van der Waals surface area contributed by atoms with E-state index in [4.69, 9.17) is 23.0 Å². The lowest BCUT2D eigenvalue weighted by Crippen LogP contribution is -2.33. The van der Waals surface area contributed by atoms with Crippen molar-refractivity contribution in [1.82, 2.24) is 4.57 Å². The summed E-state index contributed by atoms with van der Waals surface area (Å²) < 4.78 is 45.6. The molecule has 12 nitrogen and oxygen atoms in total. The lowest BCUT2D eigenvalue weighted by Gasteiger charge is -2.33. The monoisotopic (exact) mass is 795 g/mol. The average Bonchev–Trinajstić information content (AvgIpc) is 3.38. The number of ether oxygens (including phenoxy) is 2. The van der Waals surface area contributed by atoms with Gasteiger partial charge in [0.1, 0.15) is 24.6 Å². The van der Waals surface area contributed by atoms with Crippen molar-refractivity contribution in [1.29, 1.82) is 0 Å². The molecule has 1 aliphatic heterocycles. The lowest BCUT2D eigenvalue weighted by molar-refractivity contribution is -0.0413. The Kier molecular flexibility index (Phi) is 15.5. The normalized spacial score (nSPS) is 25.5. The van der Waals surface area contributed by atoms with Crippen LogP contribution in [0.1, 0.15) is 88.2 Å². The third-order valence-corrected chi connectivity index (χ3v) is 12.1. The van der Waals surface area contributed by atoms with E-state index in [0.29, 0.717) is 18.3 Å². The molecular weight excluding hydrogens is 737 g/mol. The smallest absolute Gasteiger partial charge is 0.475 e. The Labute approximate surface area is 330 Å². The van der Waals surface area contributed by atoms with Crippen LogP contribution in [0.15, 0.2) is 95.0 Å². The summed E-state index contributed by atoms with van der Waals surface area (Å²) in [6.45, 7) is 9.95. The van der Waals surface area contributed by atoms with Gasteiger partial charge in [-0.2, -0.15) is 0 Å². The Bertz CT molecular complexity index is 1840. The summed E-state index contributed by atoms with van der Waals surface area (Å²) in [7, 11) is -2.64. The summed E-state index contributed by atoms with van der Waals surface area (Å²) >= 11 is 0. The van der Waals surface area contributed by atoms with Crippen molar-refractivity contribution < 1.29 is 48.0 Å². The summed E-state index contributed by atoms with van der Waals surface area (Å²) in [6, 6.07) is 18.3. The van der Waals surface area contributed by atoms with Gasteiger partial charge in [0, 0.05) is 24.7 Å². The van der Waals surface area contributed by atoms with E-state index in [-0.39, 0.29) is 43.3 Å². The molecule has 0 amide bonds. The van der Waals surface area contributed by atoms with Gasteiger partial charge in [-0.05, 0) is 60.8 Å². The third-order valence-electron chi connectivity index (χ3n) is 10.7. The van der Waals surface area contributed by atoms with Gasteiger partial charge in [-0.1, -0.05) is 100 Å². The highest BCUT2D eigenvalue weighted by Crippen LogP contribution is 2.51. The number of aryl methyl sites for hydroxylation is 1. The zero-order chi connectivity index (χ0) is 40.6. The van der Waals surface area contributed by atoms with Crippen LogP contribution in [0.4, 0.5) is 0 Å². The number of allylic oxidation sites excluding steroid dienone is 1. The molecule has 1 saturated carbocycles. The van der Waals surface area contributed by atoms with Crippen molar-refractivity contribution in [3.8, 4) is 5.75 Å². The van der Waals surface area contributed by atoms with E-state index in [0.717, 1.165) is 35.1 Å². The number of aromatic nitrogens is 1. The van der Waals surface area contributed by atoms with Crippen molar-refractivity contribution in [2.45, 2.75) is 110 Å². The third kappa shape index (κ3) is 10.7. The Hall–Kier alpha value is -3.42. The molecule has 0 radical (unpaired) electrons. The molecule has 306 valence electrons. The van der Waals surface area contributed by atoms with Gasteiger partial charge in [0.15, 0.2) is 0 Å². The average molecular weight is 796 g/mol. The first kappa shape index (κ1) is 43.7. The minimum absolute atomic E-state index is 0.00909. The van der Waals surface area contributed by atoms with Gasteiger partial charge < -0.3 is 34.5 Å². The zero-order valence-corrected chi connectivity index (χ0v) is 34.1. The molecule has 2 heterocycles. The maximum absolute atomic E-state index is 14.1. The van der Waals surface area contributed by atoms with E-state index in [1.165, 1.54) is 17.8 Å². The molecule has 4 N–H and O–H groups in total. The van der Waals surface area contributed by atoms with Crippen LogP contribution in [-0.4, -0.2) is 68.7 Å². The molecule has 2 aliphatic rings. The minimum Gasteiger partial charge on any atom is -0.490 e. The number of aliphatic hydroxyl groups is 4. The fourth-order valence-electron chi connectivity index (χ4n) is 7.50. The fourth-order valence-corrected chi connectivity index (χ4v) is 8.63. The van der Waals surface area contributed by atoms with Crippen molar-refractivity contribution >= 4 is 7.82 Å². The summed E-state index contributed by atoms with van der Waals surface area (Å²) in [5.41, 5.74) is 3.42. The van der Waals surface area contributed by atoms with Crippen LogP contribution < -0.4 is 10.3 Å². The van der Waals surface area contributed by atoms with Gasteiger partial charge in [-0.3, -0.25) is 18.4 Å². The molecule has 3 aromatic rings. The first-order valence-electron chi connectivity index (χ1n) is 19.4. The number of pyridine rings is 1. The fraction of sp³-hybridized carbons (Fsp3) is 0.512. The number of phosphoric ester groups is 1. The minimum atomic E-state index is -4.18. The molecule has 8 atom stereocenters. The van der Waals surface area contributed by atoms with E-state index < -0.39 is 55.9 Å². The van der Waals surface area contributed by atoms with Gasteiger partial charge in [0.25, 0.3) is 5.56 Å². The van der Waals surface area contributed by atoms with Gasteiger partial charge in [-0.15, -0.1) is 0 Å². The zero-order valence-electron chi connectivity index (χ0n) is 33.2. The first-order valence-corrected chi connectivity index (χ1v) is 20.9. The van der Waals surface area contributed by atoms with E-state index >= 15 is 0 Å². The van der Waals surface area contributed by atoms with Crippen LogP contribution in [0.25, 0.3) is 0 Å². The van der Waals surface area contributed by atoms with Gasteiger partial charge in [0.05, 0.1) is 49.8 Å². The molecular formula is C43H58NO11P. The van der Waals surface area contributed by atoms with Crippen LogP contribution >= 0.6 is 7.82 Å². The van der Waals surface area contributed by atoms with E-state index in [9.17, 15) is 29.8 Å². The predicted octanol–water partition coefficient (Wildman–Crippen LogP) is 6.66. The summed E-state index contributed by atoms with van der Waals surface area (Å²) in [5, 5.41) is 43.3. The van der Waals surface area contributed by atoms with Gasteiger partial charge in [0.2, 0.25) is 0 Å². The van der Waals surface area contributed by atoms with Crippen molar-refractivity contribution in [3.63, 3.8) is 0 Å². The summed E-state index contributed by atoms with van der Waals surface area (Å²) in [4.78, 5) is 14.1. The Morgan fingerprint density at radius 3 is 2.04 bits per heavy atom. The number of benzene rings is 2. The SMILES string of the molecule is CC[C@@H](C)C[C@H](C)/C=C(\C)[C@H]1O[C@@H](c2c(OCCOP(=O)(OCc3ccccc3)OCc3ccccc3)c(C3C(O)C(O)C(O)C3O)cn(C)c2=O)CC=C1C. The molecule has 1 fully saturated rings. The maximum atomic E-state index is 14.1. The van der Waals surface area contributed by atoms with Crippen molar-refractivity contribution in [2.24, 2.45) is 18.9 Å². The largest absolute Gasteiger partial charge is 0.490 e. The second-order valence-electron chi connectivity index (χ2n) is 15.2. The van der Waals surface area contributed by atoms with Crippen LogP contribution in [0.2, 0.25) is 0 Å². The molecule has 5 rings (SSSR count). The highest BCUT2D eigenvalue weighted by molar-refractivity contribution is 7.48. The molecule has 13 heteroatoms. The molecule has 0 saturated heterocycles. The topological polar surface area (TPSA) is 166 Å². The molecule has 56 heavy (non-hydrogen) atoms. The van der Waals surface area contributed by atoms with Crippen LogP contribution in [0.5, 0.6) is 5.75 Å². The quantitative estimate of drug-likeness (QED) is 0.0618. The van der Waals surface area contributed by atoms with Crippen LogP contribution in [-0.2, 0) is 43.1 Å². The van der Waals surface area contributed by atoms with Crippen LogP contribution in [0, 0.1) is 11.8 Å². The summed E-state index contributed by atoms with van der Waals surface area (Å²) in [5.74, 6) is -0.340. The molecule has 1 aliphatic carbocycles. The van der Waals surface area contributed by atoms with Gasteiger partial charge in [-0.25, -0.2) is 4.57 Å². The molecule has 1 aromatic heterocycles. The summed E-state index contributed by atoms with van der Waals surface area (Å²) in [6.07, 6.45) is 0.443. The van der Waals surface area contributed by atoms with Crippen LogP contribution in [0.3, 0.4) is 0 Å². The van der Waals surface area contributed by atoms with E-state index in [2.05, 4.69) is 26.8 Å². The highest BCUT2D eigenvalue weighted by Gasteiger charge is 2.50. The maximum Gasteiger partial charge on any atom is 0.475 e. The Morgan fingerprint density at radius 1 is 0.911 bits per heavy atom. The Morgan fingerprint density at radius 2 is 1.48 bits per heavy atom. The molecule has 4 unspecified atom stereocenters. The number of phosphoric acid groups is 1. The predicted molar refractivity (Wildman–Crippen MR) is 213 cm³/mol. The van der Waals surface area contributed by atoms with Crippen molar-refractivity contribution in [2.75, 3.05) is 13.2 Å². The van der Waals surface area contributed by atoms with E-state index in [1.54, 1.807) is 0 Å². The lowest BCUT2D eigenvalue weighted by atomic mass is 9.89. The Balaban J connectivity index is 1.44. The van der Waals surface area contributed by atoms with E-state index in [1.807, 2.05) is 80.6 Å². The van der Waals surface area contributed by atoms with Gasteiger partial charge >= 0.3 is 7.82 Å². The van der Waals surface area contributed by atoms with Crippen molar-refractivity contribution in [3.05, 3.63) is 123 Å². The standard InChI is InChI=1S/C43H58NO11P/c1-7-27(2)22-28(3)23-30(5)41-29(4)18-19-34(55-41)36-42(33(24-44(6)43(36)49)35-37(45)39(47)40(48)38(35)46)51-20-21-52-56(50,53-25-31-14-10-8-11-15-31)54-26-32-16-12-9-13-17-32/h8-18,23-24,27-28,34-35,37-41,45-48H,7,19-22,25-26H2,1-6H3/b30-23+/t27-,28+,34-,35?,37?,38?,39?,40?,41+/m1/s1. The number of hydrogen-bond donors (Lipinski definition) is 4.